The summed E-state index contributed by atoms with van der Waals surface area (Å²) in [7, 11) is 0. The second-order valence-electron chi connectivity index (χ2n) is 5.08. The Balaban J connectivity index is 2.33. The molecular formula is C16H18N2O3S. The molecule has 6 heteroatoms. The largest absolute Gasteiger partial charge is 0.480 e. The predicted octanol–water partition coefficient (Wildman–Crippen LogP) is 2.88. The van der Waals surface area contributed by atoms with Crippen molar-refractivity contribution in [3.8, 4) is 0 Å². The summed E-state index contributed by atoms with van der Waals surface area (Å²) in [5, 5.41) is 10.1. The monoisotopic (exact) mass is 318 g/mol. The van der Waals surface area contributed by atoms with Gasteiger partial charge >= 0.3 is 5.97 Å². The second kappa shape index (κ2) is 6.70. The molecule has 1 aromatic heterocycles. The highest BCUT2D eigenvalue weighted by molar-refractivity contribution is 7.13. The smallest absolute Gasteiger partial charge is 0.326 e. The van der Waals surface area contributed by atoms with Crippen LogP contribution in [0.4, 0.5) is 0 Å². The van der Waals surface area contributed by atoms with E-state index in [1.807, 2.05) is 37.3 Å². The molecule has 0 aliphatic rings. The van der Waals surface area contributed by atoms with Gasteiger partial charge in [0.1, 0.15) is 10.9 Å². The van der Waals surface area contributed by atoms with Crippen LogP contribution in [0.5, 0.6) is 0 Å². The van der Waals surface area contributed by atoms with Gasteiger partial charge in [-0.05, 0) is 26.3 Å². The highest BCUT2D eigenvalue weighted by Gasteiger charge is 2.29. The van der Waals surface area contributed by atoms with Crippen LogP contribution in [-0.2, 0) is 11.3 Å². The second-order valence-corrected chi connectivity index (χ2v) is 6.28. The van der Waals surface area contributed by atoms with E-state index in [-0.39, 0.29) is 12.5 Å². The molecule has 0 fully saturated rings. The number of rotatable bonds is 5. The van der Waals surface area contributed by atoms with Crippen molar-refractivity contribution in [3.05, 3.63) is 51.5 Å². The Bertz CT molecular complexity index is 682. The molecule has 0 saturated carbocycles. The summed E-state index contributed by atoms with van der Waals surface area (Å²) in [5.74, 6) is -1.31. The van der Waals surface area contributed by atoms with E-state index in [1.54, 1.807) is 6.92 Å². The third-order valence-electron chi connectivity index (χ3n) is 3.38. The summed E-state index contributed by atoms with van der Waals surface area (Å²) in [6.07, 6.45) is 0. The van der Waals surface area contributed by atoms with Gasteiger partial charge in [-0.1, -0.05) is 30.3 Å². The van der Waals surface area contributed by atoms with E-state index in [1.165, 1.54) is 23.2 Å². The van der Waals surface area contributed by atoms with Crippen LogP contribution in [0, 0.1) is 13.8 Å². The predicted molar refractivity (Wildman–Crippen MR) is 85.0 cm³/mol. The van der Waals surface area contributed by atoms with Gasteiger partial charge in [-0.25, -0.2) is 9.78 Å². The van der Waals surface area contributed by atoms with E-state index in [4.69, 9.17) is 0 Å². The maximum Gasteiger partial charge on any atom is 0.326 e. The van der Waals surface area contributed by atoms with Crippen LogP contribution in [0.25, 0.3) is 0 Å². The molecule has 1 amide bonds. The first-order chi connectivity index (χ1) is 10.4. The van der Waals surface area contributed by atoms with Crippen molar-refractivity contribution in [1.29, 1.82) is 0 Å². The average Bonchev–Trinajstić information content (AvgIpc) is 2.83. The molecule has 116 valence electrons. The lowest BCUT2D eigenvalue weighted by Gasteiger charge is -2.26. The van der Waals surface area contributed by atoms with Crippen molar-refractivity contribution in [2.45, 2.75) is 33.4 Å². The molecule has 1 atom stereocenters. The summed E-state index contributed by atoms with van der Waals surface area (Å²) >= 11 is 1.30. The first-order valence-corrected chi connectivity index (χ1v) is 7.73. The number of aliphatic carboxylic acids is 1. The summed E-state index contributed by atoms with van der Waals surface area (Å²) in [4.78, 5) is 30.2. The number of carbonyl (C=O) groups is 2. The Hall–Kier alpha value is -2.21. The molecule has 1 unspecified atom stereocenters. The zero-order valence-corrected chi connectivity index (χ0v) is 13.6. The number of hydrogen-bond acceptors (Lipinski definition) is 4. The topological polar surface area (TPSA) is 70.5 Å². The summed E-state index contributed by atoms with van der Waals surface area (Å²) < 4.78 is 0. The third kappa shape index (κ3) is 3.51. The molecule has 0 radical (unpaired) electrons. The van der Waals surface area contributed by atoms with Crippen LogP contribution in [-0.4, -0.2) is 32.9 Å². The third-order valence-corrected chi connectivity index (χ3v) is 4.44. The first kappa shape index (κ1) is 16.2. The van der Waals surface area contributed by atoms with E-state index in [9.17, 15) is 14.7 Å². The van der Waals surface area contributed by atoms with Crippen molar-refractivity contribution in [2.75, 3.05) is 0 Å². The molecule has 0 aliphatic heterocycles. The number of thiazole rings is 1. The Morgan fingerprint density at radius 2 is 1.91 bits per heavy atom. The molecule has 2 aromatic rings. The molecule has 1 aromatic carbocycles. The van der Waals surface area contributed by atoms with Gasteiger partial charge in [-0.2, -0.15) is 0 Å². The molecule has 22 heavy (non-hydrogen) atoms. The number of carboxylic acids is 1. The normalized spacial score (nSPS) is 12.0. The number of nitrogens with zero attached hydrogens (tertiary/aromatic N) is 2. The van der Waals surface area contributed by atoms with Crippen molar-refractivity contribution >= 4 is 23.2 Å². The molecule has 1 N–H and O–H groups in total. The minimum Gasteiger partial charge on any atom is -0.480 e. The first-order valence-electron chi connectivity index (χ1n) is 6.92. The van der Waals surface area contributed by atoms with E-state index >= 15 is 0 Å². The zero-order chi connectivity index (χ0) is 16.3. The van der Waals surface area contributed by atoms with Crippen LogP contribution in [0.1, 0.15) is 32.9 Å². The van der Waals surface area contributed by atoms with Crippen molar-refractivity contribution in [3.63, 3.8) is 0 Å². The van der Waals surface area contributed by atoms with E-state index in [0.717, 1.165) is 10.6 Å². The maximum atomic E-state index is 12.8. The Labute approximate surface area is 133 Å². The van der Waals surface area contributed by atoms with E-state index in [0.29, 0.717) is 10.6 Å². The summed E-state index contributed by atoms with van der Waals surface area (Å²) in [6, 6.07) is 8.46. The fourth-order valence-corrected chi connectivity index (χ4v) is 3.03. The molecule has 0 spiro atoms. The number of benzene rings is 1. The van der Waals surface area contributed by atoms with Crippen LogP contribution >= 0.6 is 11.3 Å². The van der Waals surface area contributed by atoms with Crippen LogP contribution in [0.15, 0.2) is 30.3 Å². The Morgan fingerprint density at radius 3 is 2.41 bits per heavy atom. The van der Waals surface area contributed by atoms with Gasteiger partial charge < -0.3 is 10.0 Å². The van der Waals surface area contributed by atoms with Crippen LogP contribution in [0.3, 0.4) is 0 Å². The maximum absolute atomic E-state index is 12.8. The van der Waals surface area contributed by atoms with Crippen LogP contribution < -0.4 is 0 Å². The zero-order valence-electron chi connectivity index (χ0n) is 12.7. The number of carboxylic acid groups (broad SMARTS) is 1. The van der Waals surface area contributed by atoms with Crippen molar-refractivity contribution < 1.29 is 14.7 Å². The van der Waals surface area contributed by atoms with Gasteiger partial charge in [0.05, 0.1) is 10.7 Å². The summed E-state index contributed by atoms with van der Waals surface area (Å²) in [6.45, 7) is 5.37. The Kier molecular flexibility index (Phi) is 4.92. The lowest BCUT2D eigenvalue weighted by Crippen LogP contribution is -2.42. The van der Waals surface area contributed by atoms with Gasteiger partial charge in [-0.3, -0.25) is 4.79 Å². The molecule has 2 rings (SSSR count). The molecule has 0 aliphatic carbocycles. The average molecular weight is 318 g/mol. The molecular weight excluding hydrogens is 300 g/mol. The number of hydrogen-bond donors (Lipinski definition) is 1. The minimum atomic E-state index is -1.02. The van der Waals surface area contributed by atoms with Gasteiger partial charge in [0, 0.05) is 6.54 Å². The molecule has 5 nitrogen and oxygen atoms in total. The van der Waals surface area contributed by atoms with Gasteiger partial charge in [0.2, 0.25) is 0 Å². The standard InChI is InChI=1S/C16H18N2O3S/c1-10-14(22-12(3)17-10)15(19)18(11(2)16(20)21)9-13-7-5-4-6-8-13/h4-8,11H,9H2,1-3H3,(H,20,21). The molecule has 0 bridgehead atoms. The molecule has 1 heterocycles. The van der Waals surface area contributed by atoms with Gasteiger partial charge in [0.15, 0.2) is 0 Å². The number of aromatic nitrogens is 1. The molecule has 0 saturated heterocycles. The number of carbonyl (C=O) groups excluding carboxylic acids is 1. The minimum absolute atomic E-state index is 0.253. The number of amides is 1. The van der Waals surface area contributed by atoms with E-state index in [2.05, 4.69) is 4.98 Å². The quantitative estimate of drug-likeness (QED) is 0.920. The van der Waals surface area contributed by atoms with Crippen molar-refractivity contribution in [2.24, 2.45) is 0 Å². The fourth-order valence-electron chi connectivity index (χ4n) is 2.16. The highest BCUT2D eigenvalue weighted by Crippen LogP contribution is 2.22. The number of aryl methyl sites for hydroxylation is 2. The Morgan fingerprint density at radius 1 is 1.27 bits per heavy atom. The fraction of sp³-hybridized carbons (Fsp3) is 0.312. The van der Waals surface area contributed by atoms with E-state index < -0.39 is 12.0 Å². The van der Waals surface area contributed by atoms with Gasteiger partial charge in [0.25, 0.3) is 5.91 Å². The SMILES string of the molecule is Cc1nc(C)c(C(=O)N(Cc2ccccc2)C(C)C(=O)O)s1. The van der Waals surface area contributed by atoms with Gasteiger partial charge in [-0.15, -0.1) is 11.3 Å². The summed E-state index contributed by atoms with van der Waals surface area (Å²) in [5.41, 5.74) is 1.53. The highest BCUT2D eigenvalue weighted by atomic mass is 32.1. The lowest BCUT2D eigenvalue weighted by molar-refractivity contribution is -0.141. The van der Waals surface area contributed by atoms with Crippen molar-refractivity contribution in [1.82, 2.24) is 9.88 Å². The lowest BCUT2D eigenvalue weighted by atomic mass is 10.1. The van der Waals surface area contributed by atoms with Crippen LogP contribution in [0.2, 0.25) is 0 Å².